The van der Waals surface area contributed by atoms with Crippen LogP contribution < -0.4 is 0 Å². The van der Waals surface area contributed by atoms with Gasteiger partial charge in [-0.05, 0) is 19.1 Å². The van der Waals surface area contributed by atoms with Crippen molar-refractivity contribution >= 4 is 5.97 Å². The zero-order valence-corrected chi connectivity index (χ0v) is 10.8. The molecule has 5 nitrogen and oxygen atoms in total. The Hall–Kier alpha value is -1.46. The van der Waals surface area contributed by atoms with Crippen LogP contribution >= 0.6 is 0 Å². The second-order valence-electron chi connectivity index (χ2n) is 4.39. The van der Waals surface area contributed by atoms with E-state index < -0.39 is 6.10 Å². The van der Waals surface area contributed by atoms with Crippen molar-refractivity contribution in [1.82, 2.24) is 9.88 Å². The molecule has 1 aromatic rings. The monoisotopic (exact) mass is 250 g/mol. The third kappa shape index (κ3) is 3.27. The number of carbonyl (C=O) groups excluding carboxylic acids is 1. The summed E-state index contributed by atoms with van der Waals surface area (Å²) in [6, 6.07) is 5.96. The largest absolute Gasteiger partial charge is 0.467 e. The minimum Gasteiger partial charge on any atom is -0.467 e. The summed E-state index contributed by atoms with van der Waals surface area (Å²) in [6.45, 7) is 4.62. The van der Waals surface area contributed by atoms with Crippen LogP contribution in [0.5, 0.6) is 0 Å². The van der Waals surface area contributed by atoms with Crippen molar-refractivity contribution in [2.24, 2.45) is 0 Å². The van der Waals surface area contributed by atoms with E-state index in [1.54, 1.807) is 0 Å². The summed E-state index contributed by atoms with van der Waals surface area (Å²) >= 11 is 0. The highest BCUT2D eigenvalue weighted by Gasteiger charge is 2.27. The number of rotatable bonds is 3. The van der Waals surface area contributed by atoms with E-state index in [1.165, 1.54) is 7.11 Å². The standard InChI is InChI=1S/C13H18N2O3/c1-10-4-3-5-11(14-10)8-15-6-7-18-12(9-15)13(16)17-2/h3-5,12H,6-9H2,1-2H3. The van der Waals surface area contributed by atoms with E-state index in [1.807, 2.05) is 25.1 Å². The average molecular weight is 250 g/mol. The lowest BCUT2D eigenvalue weighted by atomic mass is 10.2. The molecule has 18 heavy (non-hydrogen) atoms. The lowest BCUT2D eigenvalue weighted by molar-refractivity contribution is -0.160. The lowest BCUT2D eigenvalue weighted by Gasteiger charge is -2.31. The first kappa shape index (κ1) is 13.0. The summed E-state index contributed by atoms with van der Waals surface area (Å²) < 4.78 is 10.1. The van der Waals surface area contributed by atoms with Gasteiger partial charge in [0.2, 0.25) is 0 Å². The topological polar surface area (TPSA) is 51.7 Å². The summed E-state index contributed by atoms with van der Waals surface area (Å²) in [4.78, 5) is 18.0. The Bertz CT molecular complexity index is 422. The Morgan fingerprint density at radius 1 is 1.61 bits per heavy atom. The van der Waals surface area contributed by atoms with E-state index in [4.69, 9.17) is 9.47 Å². The Balaban J connectivity index is 1.95. The molecule has 1 unspecified atom stereocenters. The number of ether oxygens (including phenoxy) is 2. The molecule has 0 saturated carbocycles. The van der Waals surface area contributed by atoms with E-state index >= 15 is 0 Å². The third-order valence-corrected chi connectivity index (χ3v) is 2.95. The summed E-state index contributed by atoms with van der Waals surface area (Å²) in [7, 11) is 1.38. The van der Waals surface area contributed by atoms with Gasteiger partial charge in [0.1, 0.15) is 0 Å². The van der Waals surface area contributed by atoms with Crippen LogP contribution in [0.15, 0.2) is 18.2 Å². The Labute approximate surface area is 107 Å². The minimum atomic E-state index is -0.478. The molecule has 0 radical (unpaired) electrons. The van der Waals surface area contributed by atoms with E-state index in [9.17, 15) is 4.79 Å². The van der Waals surface area contributed by atoms with E-state index in [0.29, 0.717) is 13.2 Å². The van der Waals surface area contributed by atoms with Crippen LogP contribution in [-0.4, -0.2) is 48.8 Å². The van der Waals surface area contributed by atoms with Crippen LogP contribution in [0.3, 0.4) is 0 Å². The number of aromatic nitrogens is 1. The smallest absolute Gasteiger partial charge is 0.336 e. The van der Waals surface area contributed by atoms with Gasteiger partial charge in [0, 0.05) is 25.3 Å². The predicted octanol–water partition coefficient (Wildman–Crippen LogP) is 0.764. The molecule has 0 amide bonds. The molecule has 98 valence electrons. The van der Waals surface area contributed by atoms with Crippen LogP contribution in [0.4, 0.5) is 0 Å². The van der Waals surface area contributed by atoms with Crippen molar-refractivity contribution in [1.29, 1.82) is 0 Å². The number of morpholine rings is 1. The highest BCUT2D eigenvalue weighted by molar-refractivity contribution is 5.74. The molecule has 0 aliphatic carbocycles. The van der Waals surface area contributed by atoms with Crippen molar-refractivity contribution in [2.75, 3.05) is 26.8 Å². The SMILES string of the molecule is COC(=O)C1CN(Cc2cccc(C)n2)CCO1. The van der Waals surface area contributed by atoms with Crippen LogP contribution in [0.1, 0.15) is 11.4 Å². The number of hydrogen-bond acceptors (Lipinski definition) is 5. The maximum atomic E-state index is 11.4. The molecule has 0 spiro atoms. The van der Waals surface area contributed by atoms with Gasteiger partial charge < -0.3 is 9.47 Å². The zero-order chi connectivity index (χ0) is 13.0. The Morgan fingerprint density at radius 2 is 2.44 bits per heavy atom. The van der Waals surface area contributed by atoms with E-state index in [-0.39, 0.29) is 5.97 Å². The second-order valence-corrected chi connectivity index (χ2v) is 4.39. The molecule has 1 aromatic heterocycles. The molecule has 0 bridgehead atoms. The summed E-state index contributed by atoms with van der Waals surface area (Å²) in [5, 5.41) is 0. The molecule has 1 fully saturated rings. The van der Waals surface area contributed by atoms with Crippen molar-refractivity contribution < 1.29 is 14.3 Å². The zero-order valence-electron chi connectivity index (χ0n) is 10.8. The first-order chi connectivity index (χ1) is 8.69. The maximum absolute atomic E-state index is 11.4. The van der Waals surface area contributed by atoms with Crippen molar-refractivity contribution in [3.63, 3.8) is 0 Å². The van der Waals surface area contributed by atoms with Crippen LogP contribution in [0, 0.1) is 6.92 Å². The number of pyridine rings is 1. The number of carbonyl (C=O) groups is 1. The van der Waals surface area contributed by atoms with Crippen LogP contribution in [0.25, 0.3) is 0 Å². The van der Waals surface area contributed by atoms with Gasteiger partial charge in [0.05, 0.1) is 19.4 Å². The average Bonchev–Trinajstić information content (AvgIpc) is 2.38. The maximum Gasteiger partial charge on any atom is 0.336 e. The fourth-order valence-corrected chi connectivity index (χ4v) is 2.04. The number of hydrogen-bond donors (Lipinski definition) is 0. The fraction of sp³-hybridized carbons (Fsp3) is 0.538. The Morgan fingerprint density at radius 3 is 3.17 bits per heavy atom. The molecule has 1 aliphatic heterocycles. The molecule has 1 atom stereocenters. The van der Waals surface area contributed by atoms with Gasteiger partial charge in [-0.1, -0.05) is 6.07 Å². The van der Waals surface area contributed by atoms with Gasteiger partial charge >= 0.3 is 5.97 Å². The molecule has 2 heterocycles. The number of nitrogens with zero attached hydrogens (tertiary/aromatic N) is 2. The number of esters is 1. The highest BCUT2D eigenvalue weighted by atomic mass is 16.6. The molecular weight excluding hydrogens is 232 g/mol. The molecule has 5 heteroatoms. The van der Waals surface area contributed by atoms with Crippen molar-refractivity contribution in [3.05, 3.63) is 29.6 Å². The fourth-order valence-electron chi connectivity index (χ4n) is 2.04. The Kier molecular flexibility index (Phi) is 4.28. The molecule has 1 saturated heterocycles. The van der Waals surface area contributed by atoms with Gasteiger partial charge in [-0.3, -0.25) is 9.88 Å². The molecular formula is C13H18N2O3. The van der Waals surface area contributed by atoms with Crippen molar-refractivity contribution in [2.45, 2.75) is 19.6 Å². The minimum absolute atomic E-state index is 0.308. The summed E-state index contributed by atoms with van der Waals surface area (Å²) in [5.74, 6) is -0.308. The number of aryl methyl sites for hydroxylation is 1. The highest BCUT2D eigenvalue weighted by Crippen LogP contribution is 2.10. The summed E-state index contributed by atoms with van der Waals surface area (Å²) in [5.41, 5.74) is 2.02. The van der Waals surface area contributed by atoms with Gasteiger partial charge in [0.15, 0.2) is 6.10 Å². The molecule has 2 rings (SSSR count). The first-order valence-electron chi connectivity index (χ1n) is 6.03. The molecule has 0 aromatic carbocycles. The molecule has 0 N–H and O–H groups in total. The molecule has 1 aliphatic rings. The second kappa shape index (κ2) is 5.93. The van der Waals surface area contributed by atoms with Gasteiger partial charge in [0.25, 0.3) is 0 Å². The van der Waals surface area contributed by atoms with E-state index in [0.717, 1.165) is 24.5 Å². The summed E-state index contributed by atoms with van der Waals surface area (Å²) in [6.07, 6.45) is -0.478. The number of methoxy groups -OCH3 is 1. The van der Waals surface area contributed by atoms with Crippen molar-refractivity contribution in [3.8, 4) is 0 Å². The van der Waals surface area contributed by atoms with Crippen LogP contribution in [0.2, 0.25) is 0 Å². The first-order valence-corrected chi connectivity index (χ1v) is 6.03. The van der Waals surface area contributed by atoms with Gasteiger partial charge in [-0.2, -0.15) is 0 Å². The normalized spacial score (nSPS) is 20.7. The lowest BCUT2D eigenvalue weighted by Crippen LogP contribution is -2.46. The quantitative estimate of drug-likeness (QED) is 0.741. The third-order valence-electron chi connectivity index (χ3n) is 2.95. The predicted molar refractivity (Wildman–Crippen MR) is 66.0 cm³/mol. The van der Waals surface area contributed by atoms with E-state index in [2.05, 4.69) is 9.88 Å². The van der Waals surface area contributed by atoms with Gasteiger partial charge in [-0.15, -0.1) is 0 Å². The van der Waals surface area contributed by atoms with Crippen LogP contribution in [-0.2, 0) is 20.8 Å². The van der Waals surface area contributed by atoms with Gasteiger partial charge in [-0.25, -0.2) is 4.79 Å².